The molecule has 0 atom stereocenters. The second-order valence-electron chi connectivity index (χ2n) is 4.23. The van der Waals surface area contributed by atoms with Crippen LogP contribution in [0.1, 0.15) is 58.3 Å². The first-order chi connectivity index (χ1) is 8.63. The molecule has 0 fully saturated rings. The maximum Gasteiger partial charge on any atom is 0.302 e. The number of ether oxygens (including phenoxy) is 1. The molecule has 0 N–H and O–H groups in total. The lowest BCUT2D eigenvalue weighted by Crippen LogP contribution is -2.01. The van der Waals surface area contributed by atoms with Crippen molar-refractivity contribution in [2.75, 3.05) is 13.2 Å². The van der Waals surface area contributed by atoms with Crippen LogP contribution >= 0.6 is 0 Å². The highest BCUT2D eigenvalue weighted by Gasteiger charge is 1.96. The average Bonchev–Trinajstić information content (AvgIpc) is 2.29. The van der Waals surface area contributed by atoms with Gasteiger partial charge in [-0.05, 0) is 12.8 Å². The molecule has 0 amide bonds. The van der Waals surface area contributed by atoms with Gasteiger partial charge in [0.15, 0.2) is 0 Å². The molecule has 0 radical (unpaired) electrons. The van der Waals surface area contributed by atoms with E-state index in [2.05, 4.69) is 4.84 Å². The van der Waals surface area contributed by atoms with Gasteiger partial charge in [-0.3, -0.25) is 4.79 Å². The summed E-state index contributed by atoms with van der Waals surface area (Å²) >= 11 is 0. The van der Waals surface area contributed by atoms with Crippen LogP contribution in [0.3, 0.4) is 0 Å². The minimum absolute atomic E-state index is 0.204. The largest absolute Gasteiger partial charge is 0.466 e. The molecule has 0 heterocycles. The molecule has 0 saturated carbocycles. The van der Waals surface area contributed by atoms with Crippen molar-refractivity contribution in [2.45, 2.75) is 58.3 Å². The Hall–Kier alpha value is -1.33. The molecule has 0 aliphatic rings. The van der Waals surface area contributed by atoms with Crippen molar-refractivity contribution in [3.63, 3.8) is 0 Å². The van der Waals surface area contributed by atoms with Gasteiger partial charge in [0.25, 0.3) is 5.09 Å². The van der Waals surface area contributed by atoms with Gasteiger partial charge >= 0.3 is 5.97 Å². The molecule has 0 aromatic heterocycles. The Morgan fingerprint density at radius 3 is 1.83 bits per heavy atom. The summed E-state index contributed by atoms with van der Waals surface area (Å²) in [6, 6.07) is 0. The Kier molecular flexibility index (Phi) is 11.2. The van der Waals surface area contributed by atoms with Gasteiger partial charge in [-0.1, -0.05) is 38.5 Å². The van der Waals surface area contributed by atoms with Crippen LogP contribution in [0, 0.1) is 10.1 Å². The summed E-state index contributed by atoms with van der Waals surface area (Å²) in [7, 11) is 0. The summed E-state index contributed by atoms with van der Waals surface area (Å²) < 4.78 is 4.83. The van der Waals surface area contributed by atoms with E-state index < -0.39 is 5.09 Å². The maximum atomic E-state index is 10.5. The zero-order valence-electron chi connectivity index (χ0n) is 11.1. The van der Waals surface area contributed by atoms with Gasteiger partial charge in [-0.2, -0.15) is 0 Å². The number of unbranched alkanes of at least 4 members (excludes halogenated alkanes) is 7. The van der Waals surface area contributed by atoms with Crippen molar-refractivity contribution in [3.05, 3.63) is 10.1 Å². The molecule has 0 aliphatic heterocycles. The lowest BCUT2D eigenvalue weighted by Gasteiger charge is -2.03. The lowest BCUT2D eigenvalue weighted by atomic mass is 10.1. The molecule has 106 valence electrons. The molecule has 0 saturated heterocycles. The van der Waals surface area contributed by atoms with E-state index in [0.717, 1.165) is 51.4 Å². The Balaban J connectivity index is 2.99. The fraction of sp³-hybridized carbons (Fsp3) is 0.917. The van der Waals surface area contributed by atoms with E-state index in [1.54, 1.807) is 0 Å². The summed E-state index contributed by atoms with van der Waals surface area (Å²) in [5.41, 5.74) is 0. The van der Waals surface area contributed by atoms with Crippen LogP contribution in [-0.2, 0) is 14.4 Å². The van der Waals surface area contributed by atoms with Gasteiger partial charge in [-0.15, -0.1) is 10.1 Å². The number of hydrogen-bond donors (Lipinski definition) is 0. The quantitative estimate of drug-likeness (QED) is 0.233. The molecule has 6 heteroatoms. The molecule has 0 aromatic rings. The predicted octanol–water partition coefficient (Wildman–Crippen LogP) is 2.88. The van der Waals surface area contributed by atoms with E-state index in [1.807, 2.05) is 0 Å². The summed E-state index contributed by atoms with van der Waals surface area (Å²) in [6.07, 6.45) is 8.27. The first-order valence-electron chi connectivity index (χ1n) is 6.53. The minimum atomic E-state index is -0.747. The van der Waals surface area contributed by atoms with Crippen molar-refractivity contribution in [3.8, 4) is 0 Å². The van der Waals surface area contributed by atoms with Gasteiger partial charge in [-0.25, -0.2) is 0 Å². The summed E-state index contributed by atoms with van der Waals surface area (Å²) in [4.78, 5) is 24.5. The van der Waals surface area contributed by atoms with Crippen LogP contribution in [-0.4, -0.2) is 24.3 Å². The first kappa shape index (κ1) is 16.7. The molecule has 6 nitrogen and oxygen atoms in total. The third-order valence-corrected chi connectivity index (χ3v) is 2.54. The van der Waals surface area contributed by atoms with Crippen molar-refractivity contribution < 1.29 is 19.5 Å². The monoisotopic (exact) mass is 261 g/mol. The average molecular weight is 261 g/mol. The van der Waals surface area contributed by atoms with E-state index in [4.69, 9.17) is 4.74 Å². The van der Waals surface area contributed by atoms with Crippen molar-refractivity contribution in [1.82, 2.24) is 0 Å². The first-order valence-corrected chi connectivity index (χ1v) is 6.53. The number of hydrogen-bond acceptors (Lipinski definition) is 5. The van der Waals surface area contributed by atoms with Crippen molar-refractivity contribution >= 4 is 5.97 Å². The fourth-order valence-electron chi connectivity index (χ4n) is 1.62. The Labute approximate surface area is 108 Å². The molecule has 0 bridgehead atoms. The van der Waals surface area contributed by atoms with Crippen LogP contribution < -0.4 is 0 Å². The number of carbonyl (C=O) groups is 1. The van der Waals surface area contributed by atoms with E-state index in [0.29, 0.717) is 6.61 Å². The Morgan fingerprint density at radius 1 is 0.944 bits per heavy atom. The maximum absolute atomic E-state index is 10.5. The zero-order valence-corrected chi connectivity index (χ0v) is 11.1. The summed E-state index contributed by atoms with van der Waals surface area (Å²) in [5, 5.41) is 9.11. The minimum Gasteiger partial charge on any atom is -0.466 e. The molecule has 0 rings (SSSR count). The van der Waals surface area contributed by atoms with Crippen LogP contribution in [0.15, 0.2) is 0 Å². The summed E-state index contributed by atoms with van der Waals surface area (Å²) in [5.74, 6) is -0.216. The van der Waals surface area contributed by atoms with Gasteiger partial charge < -0.3 is 9.57 Å². The second kappa shape index (κ2) is 12.1. The summed E-state index contributed by atoms with van der Waals surface area (Å²) in [6.45, 7) is 2.14. The third kappa shape index (κ3) is 14.7. The van der Waals surface area contributed by atoms with E-state index in [1.165, 1.54) is 6.92 Å². The molecule has 0 aliphatic carbocycles. The number of rotatable bonds is 12. The van der Waals surface area contributed by atoms with E-state index in [9.17, 15) is 14.9 Å². The lowest BCUT2D eigenvalue weighted by molar-refractivity contribution is -0.757. The number of nitrogens with zero attached hydrogens (tertiary/aromatic N) is 1. The zero-order chi connectivity index (χ0) is 13.6. The van der Waals surface area contributed by atoms with Crippen molar-refractivity contribution in [2.24, 2.45) is 0 Å². The van der Waals surface area contributed by atoms with Gasteiger partial charge in [0.1, 0.15) is 0 Å². The Bertz CT molecular complexity index is 209. The normalized spacial score (nSPS) is 10.1. The van der Waals surface area contributed by atoms with Crippen LogP contribution in [0.4, 0.5) is 0 Å². The molecule has 0 unspecified atom stereocenters. The van der Waals surface area contributed by atoms with E-state index in [-0.39, 0.29) is 12.6 Å². The van der Waals surface area contributed by atoms with Crippen LogP contribution in [0.5, 0.6) is 0 Å². The second-order valence-corrected chi connectivity index (χ2v) is 4.23. The number of esters is 1. The van der Waals surface area contributed by atoms with Gasteiger partial charge in [0.2, 0.25) is 0 Å². The highest BCUT2D eigenvalue weighted by atomic mass is 16.9. The van der Waals surface area contributed by atoms with Crippen molar-refractivity contribution in [1.29, 1.82) is 0 Å². The third-order valence-electron chi connectivity index (χ3n) is 2.54. The topological polar surface area (TPSA) is 78.7 Å². The van der Waals surface area contributed by atoms with Crippen LogP contribution in [0.25, 0.3) is 0 Å². The molecule has 0 spiro atoms. The fourth-order valence-corrected chi connectivity index (χ4v) is 1.62. The molecular formula is C12H23NO5. The number of carbonyl (C=O) groups excluding carboxylic acids is 1. The predicted molar refractivity (Wildman–Crippen MR) is 66.5 cm³/mol. The standard InChI is InChI=1S/C12H23NO5/c1-12(14)17-10-8-6-4-2-3-5-7-9-11-18-13(15)16/h2-11H2,1H3. The van der Waals surface area contributed by atoms with Gasteiger partial charge in [0.05, 0.1) is 13.2 Å². The highest BCUT2D eigenvalue weighted by Crippen LogP contribution is 2.08. The molecule has 18 heavy (non-hydrogen) atoms. The Morgan fingerprint density at radius 2 is 1.39 bits per heavy atom. The highest BCUT2D eigenvalue weighted by molar-refractivity contribution is 5.65. The molecular weight excluding hydrogens is 238 g/mol. The van der Waals surface area contributed by atoms with Gasteiger partial charge in [0, 0.05) is 6.92 Å². The molecule has 0 aromatic carbocycles. The van der Waals surface area contributed by atoms with Crippen LogP contribution in [0.2, 0.25) is 0 Å². The SMILES string of the molecule is CC(=O)OCCCCCCCCCCO[N+](=O)[O-]. The smallest absolute Gasteiger partial charge is 0.302 e. The van der Waals surface area contributed by atoms with E-state index >= 15 is 0 Å².